The molecule has 0 spiro atoms. The van der Waals surface area contributed by atoms with Crippen molar-refractivity contribution in [2.24, 2.45) is 0 Å². The topological polar surface area (TPSA) is 101 Å². The summed E-state index contributed by atoms with van der Waals surface area (Å²) in [5.74, 6) is -1.78. The summed E-state index contributed by atoms with van der Waals surface area (Å²) in [4.78, 5) is 38.9. The number of benzene rings is 3. The van der Waals surface area contributed by atoms with E-state index in [0.717, 1.165) is 27.5 Å². The normalized spacial score (nSPS) is 14.3. The molecule has 1 fully saturated rings. The highest BCUT2D eigenvalue weighted by Crippen LogP contribution is 2.28. The molecule has 0 aliphatic carbocycles. The highest BCUT2D eigenvalue weighted by Gasteiger charge is 2.35. The summed E-state index contributed by atoms with van der Waals surface area (Å²) in [5.41, 5.74) is 4.11. The molecule has 5 rings (SSSR count). The number of nitrogens with one attached hydrogen (secondary N) is 1. The fraction of sp³-hybridized carbons (Fsp3) is 0.0968. The summed E-state index contributed by atoms with van der Waals surface area (Å²) in [6.07, 6.45) is 1.51. The molecule has 8 nitrogen and oxygen atoms in total. The van der Waals surface area contributed by atoms with Crippen molar-refractivity contribution in [1.29, 1.82) is 0 Å². The second kappa shape index (κ2) is 11.8. The summed E-state index contributed by atoms with van der Waals surface area (Å²) in [7, 11) is 0. The zero-order valence-corrected chi connectivity index (χ0v) is 24.7. The molecule has 0 atom stereocenters. The van der Waals surface area contributed by atoms with Crippen LogP contribution in [0.5, 0.6) is 5.75 Å². The Morgan fingerprint density at radius 3 is 2.43 bits per heavy atom. The van der Waals surface area contributed by atoms with Gasteiger partial charge in [0.05, 0.1) is 11.3 Å². The number of carboxylic acids is 1. The van der Waals surface area contributed by atoms with Crippen molar-refractivity contribution >= 4 is 70.1 Å². The van der Waals surface area contributed by atoms with E-state index in [2.05, 4.69) is 5.32 Å². The van der Waals surface area contributed by atoms with Crippen LogP contribution in [0.25, 0.3) is 11.8 Å². The van der Waals surface area contributed by atoms with Crippen molar-refractivity contribution in [3.8, 4) is 11.4 Å². The van der Waals surface area contributed by atoms with Crippen molar-refractivity contribution in [3.63, 3.8) is 0 Å². The van der Waals surface area contributed by atoms with E-state index in [-0.39, 0.29) is 28.5 Å². The maximum absolute atomic E-state index is 13.5. The summed E-state index contributed by atoms with van der Waals surface area (Å²) in [5, 5.41) is 12.8. The number of amides is 2. The molecule has 1 aromatic heterocycles. The predicted octanol–water partition coefficient (Wildman–Crippen LogP) is 6.51. The highest BCUT2D eigenvalue weighted by atomic mass is 35.5. The number of hydrogen-bond donors (Lipinski definition) is 2. The number of carbonyl (C=O) groups is 3. The van der Waals surface area contributed by atoms with Crippen molar-refractivity contribution < 1.29 is 24.2 Å². The Labute approximate surface area is 256 Å². The first kappa shape index (κ1) is 29.1. The highest BCUT2D eigenvalue weighted by molar-refractivity contribution is 7.80. The van der Waals surface area contributed by atoms with Gasteiger partial charge in [0, 0.05) is 32.7 Å². The number of aromatic carboxylic acids is 1. The van der Waals surface area contributed by atoms with Crippen LogP contribution in [0.1, 0.15) is 32.9 Å². The predicted molar refractivity (Wildman–Crippen MR) is 166 cm³/mol. The zero-order chi connectivity index (χ0) is 30.1. The third-order valence-corrected chi connectivity index (χ3v) is 7.60. The number of aryl methyl sites for hydroxylation is 1. The van der Waals surface area contributed by atoms with Crippen LogP contribution in [0.2, 0.25) is 10.0 Å². The number of aromatic nitrogens is 1. The first-order valence-corrected chi connectivity index (χ1v) is 13.8. The first-order valence-electron chi connectivity index (χ1n) is 12.6. The van der Waals surface area contributed by atoms with Gasteiger partial charge in [-0.25, -0.2) is 4.79 Å². The third-order valence-electron chi connectivity index (χ3n) is 6.73. The van der Waals surface area contributed by atoms with Gasteiger partial charge < -0.3 is 14.4 Å². The van der Waals surface area contributed by atoms with Crippen LogP contribution >= 0.6 is 35.4 Å². The first-order chi connectivity index (χ1) is 20.0. The molecule has 42 heavy (non-hydrogen) atoms. The lowest BCUT2D eigenvalue weighted by molar-refractivity contribution is -0.122. The number of carboxylic acid groups (broad SMARTS) is 1. The van der Waals surface area contributed by atoms with Gasteiger partial charge >= 0.3 is 5.97 Å². The van der Waals surface area contributed by atoms with E-state index in [9.17, 15) is 19.5 Å². The average Bonchev–Trinajstić information content (AvgIpc) is 3.23. The molecule has 3 aromatic carbocycles. The quantitative estimate of drug-likeness (QED) is 0.139. The molecule has 0 bridgehead atoms. The van der Waals surface area contributed by atoms with Gasteiger partial charge in [-0.05, 0) is 98.4 Å². The van der Waals surface area contributed by atoms with Gasteiger partial charge in [-0.1, -0.05) is 35.3 Å². The molecule has 0 unspecified atom stereocenters. The van der Waals surface area contributed by atoms with Gasteiger partial charge in [0.15, 0.2) is 5.11 Å². The van der Waals surface area contributed by atoms with Crippen LogP contribution in [-0.2, 0) is 16.2 Å². The Kier molecular flexibility index (Phi) is 8.17. The molecule has 0 saturated carbocycles. The molecule has 1 aliphatic rings. The van der Waals surface area contributed by atoms with Crippen molar-refractivity contribution in [2.75, 3.05) is 4.90 Å². The lowest BCUT2D eigenvalue weighted by Gasteiger charge is -2.29. The Bertz CT molecular complexity index is 1800. The minimum absolute atomic E-state index is 0.0146. The summed E-state index contributed by atoms with van der Waals surface area (Å²) < 4.78 is 7.89. The number of rotatable bonds is 7. The monoisotopic (exact) mass is 619 g/mol. The molecule has 4 aromatic rings. The second-order valence-electron chi connectivity index (χ2n) is 9.49. The molecular formula is C31H23Cl2N3O5S. The van der Waals surface area contributed by atoms with Crippen LogP contribution in [0, 0.1) is 13.8 Å². The third kappa shape index (κ3) is 5.80. The van der Waals surface area contributed by atoms with Crippen LogP contribution in [0.3, 0.4) is 0 Å². The van der Waals surface area contributed by atoms with E-state index < -0.39 is 17.8 Å². The summed E-state index contributed by atoms with van der Waals surface area (Å²) in [6, 6.07) is 20.4. The molecule has 2 heterocycles. The number of anilines is 1. The molecular weight excluding hydrogens is 597 g/mol. The Morgan fingerprint density at radius 1 is 1.00 bits per heavy atom. The standard InChI is InChI=1S/C31H23Cl2N3O5S/c1-17-12-21(14-26-28(37)34-31(42)36(29(26)38)24-5-3-4-19(13-24)30(39)40)18(2)35(17)23-8-10-25(11-9-23)41-16-20-6-7-22(32)15-27(20)33/h3-15H,16H2,1-2H3,(H,39,40)(H,34,37,42). The van der Waals surface area contributed by atoms with Crippen LogP contribution in [-0.4, -0.2) is 32.6 Å². The molecule has 2 N–H and O–H groups in total. The molecule has 11 heteroatoms. The van der Waals surface area contributed by atoms with Gasteiger partial charge in [0.25, 0.3) is 11.8 Å². The maximum Gasteiger partial charge on any atom is 0.335 e. The fourth-order valence-electron chi connectivity index (χ4n) is 4.65. The number of hydrogen-bond acceptors (Lipinski definition) is 5. The number of halogens is 2. The van der Waals surface area contributed by atoms with Gasteiger partial charge in [-0.3, -0.25) is 19.8 Å². The van der Waals surface area contributed by atoms with Crippen molar-refractivity contribution in [3.05, 3.63) is 116 Å². The number of carbonyl (C=O) groups excluding carboxylic acids is 2. The van der Waals surface area contributed by atoms with E-state index in [1.807, 2.05) is 54.8 Å². The lowest BCUT2D eigenvalue weighted by atomic mass is 10.1. The minimum atomic E-state index is -1.15. The second-order valence-corrected chi connectivity index (χ2v) is 10.7. The molecule has 1 saturated heterocycles. The van der Waals surface area contributed by atoms with E-state index in [1.54, 1.807) is 18.2 Å². The van der Waals surface area contributed by atoms with E-state index >= 15 is 0 Å². The maximum atomic E-state index is 13.5. The van der Waals surface area contributed by atoms with E-state index in [0.29, 0.717) is 21.4 Å². The van der Waals surface area contributed by atoms with Crippen LogP contribution in [0.4, 0.5) is 5.69 Å². The fourth-order valence-corrected chi connectivity index (χ4v) is 5.39. The minimum Gasteiger partial charge on any atom is -0.489 e. The lowest BCUT2D eigenvalue weighted by Crippen LogP contribution is -2.54. The summed E-state index contributed by atoms with van der Waals surface area (Å²) >= 11 is 17.5. The SMILES string of the molecule is Cc1cc(C=C2C(=O)NC(=S)N(c3cccc(C(=O)O)c3)C2=O)c(C)n1-c1ccc(OCc2ccc(Cl)cc2Cl)cc1. The smallest absolute Gasteiger partial charge is 0.335 e. The Morgan fingerprint density at radius 2 is 1.74 bits per heavy atom. The van der Waals surface area contributed by atoms with Gasteiger partial charge in [-0.15, -0.1) is 0 Å². The van der Waals surface area contributed by atoms with Crippen molar-refractivity contribution in [2.45, 2.75) is 20.5 Å². The van der Waals surface area contributed by atoms with Gasteiger partial charge in [-0.2, -0.15) is 0 Å². The Hall–Kier alpha value is -4.44. The van der Waals surface area contributed by atoms with Crippen LogP contribution < -0.4 is 15.0 Å². The average molecular weight is 621 g/mol. The van der Waals surface area contributed by atoms with Gasteiger partial charge in [0.1, 0.15) is 17.9 Å². The van der Waals surface area contributed by atoms with Crippen LogP contribution in [0.15, 0.2) is 78.4 Å². The van der Waals surface area contributed by atoms with E-state index in [4.69, 9.17) is 40.2 Å². The number of ether oxygens (including phenoxy) is 1. The van der Waals surface area contributed by atoms with E-state index in [1.165, 1.54) is 24.3 Å². The summed E-state index contributed by atoms with van der Waals surface area (Å²) in [6.45, 7) is 4.09. The largest absolute Gasteiger partial charge is 0.489 e. The molecule has 0 radical (unpaired) electrons. The molecule has 212 valence electrons. The molecule has 1 aliphatic heterocycles. The van der Waals surface area contributed by atoms with Gasteiger partial charge in [0.2, 0.25) is 0 Å². The number of nitrogens with zero attached hydrogens (tertiary/aromatic N) is 2. The molecule has 2 amide bonds. The zero-order valence-electron chi connectivity index (χ0n) is 22.4. The number of thiocarbonyl (C=S) groups is 1. The Balaban J connectivity index is 1.40. The van der Waals surface area contributed by atoms with Crippen molar-refractivity contribution in [1.82, 2.24) is 9.88 Å².